The first kappa shape index (κ1) is 11.9. The average molecular weight is 242 g/mol. The maximum Gasteiger partial charge on any atom is 0.136 e. The van der Waals surface area contributed by atoms with Crippen molar-refractivity contribution in [3.8, 4) is 6.07 Å². The van der Waals surface area contributed by atoms with Gasteiger partial charge in [-0.15, -0.1) is 0 Å². The number of hydrogen-bond donors (Lipinski definition) is 3. The fourth-order valence-corrected chi connectivity index (χ4v) is 1.52. The molecule has 0 aromatic carbocycles. The summed E-state index contributed by atoms with van der Waals surface area (Å²) < 4.78 is 0. The molecular weight excluding hydrogens is 228 g/mol. The monoisotopic (exact) mass is 242 g/mol. The van der Waals surface area contributed by atoms with Gasteiger partial charge in [-0.05, 0) is 13.0 Å². The highest BCUT2D eigenvalue weighted by atomic mass is 15.1. The van der Waals surface area contributed by atoms with E-state index in [-0.39, 0.29) is 0 Å². The Morgan fingerprint density at radius 2 is 2.22 bits per heavy atom. The lowest BCUT2D eigenvalue weighted by atomic mass is 10.4. The van der Waals surface area contributed by atoms with E-state index in [0.717, 1.165) is 17.3 Å². The van der Waals surface area contributed by atoms with Crippen LogP contribution in [0.25, 0.3) is 0 Å². The molecule has 6 nitrogen and oxygen atoms in total. The zero-order chi connectivity index (χ0) is 12.8. The summed E-state index contributed by atoms with van der Waals surface area (Å²) in [6.45, 7) is 2.41. The van der Waals surface area contributed by atoms with Gasteiger partial charge in [0, 0.05) is 25.0 Å². The number of aromatic amines is 1. The average Bonchev–Trinajstić information content (AvgIpc) is 2.81. The van der Waals surface area contributed by atoms with Crippen LogP contribution in [0.4, 0.5) is 17.3 Å². The van der Waals surface area contributed by atoms with Crippen LogP contribution in [0.5, 0.6) is 0 Å². The summed E-state index contributed by atoms with van der Waals surface area (Å²) in [5.74, 6) is 2.12. The zero-order valence-corrected chi connectivity index (χ0v) is 10.1. The molecule has 2 heterocycles. The van der Waals surface area contributed by atoms with Gasteiger partial charge in [-0.1, -0.05) is 0 Å². The standard InChI is InChI=1S/C12H14N6/c1-9-16-11(15-5-2-4-13)7-12(17-9)18-10-3-6-14-8-10/h3,6-8,14H,2,5H2,1H3,(H2,15,16,17,18). The minimum absolute atomic E-state index is 0.448. The molecule has 0 aliphatic carbocycles. The molecule has 0 saturated heterocycles. The van der Waals surface area contributed by atoms with Crippen molar-refractivity contribution in [2.45, 2.75) is 13.3 Å². The molecule has 18 heavy (non-hydrogen) atoms. The Hall–Kier alpha value is -2.55. The molecule has 2 aromatic rings. The molecule has 0 bridgehead atoms. The van der Waals surface area contributed by atoms with E-state index in [9.17, 15) is 0 Å². The van der Waals surface area contributed by atoms with Gasteiger partial charge in [0.15, 0.2) is 0 Å². The molecule has 0 atom stereocenters. The van der Waals surface area contributed by atoms with E-state index in [0.29, 0.717) is 18.8 Å². The van der Waals surface area contributed by atoms with E-state index in [1.54, 1.807) is 0 Å². The first-order valence-electron chi connectivity index (χ1n) is 5.64. The fraction of sp³-hybridized carbons (Fsp3) is 0.250. The Labute approximate surface area is 105 Å². The van der Waals surface area contributed by atoms with Gasteiger partial charge in [-0.2, -0.15) is 5.26 Å². The number of nitrogens with zero attached hydrogens (tertiary/aromatic N) is 3. The molecule has 92 valence electrons. The molecule has 0 spiro atoms. The lowest BCUT2D eigenvalue weighted by Gasteiger charge is -2.08. The lowest BCUT2D eigenvalue weighted by molar-refractivity contribution is 1.01. The molecule has 3 N–H and O–H groups in total. The van der Waals surface area contributed by atoms with Gasteiger partial charge >= 0.3 is 0 Å². The Morgan fingerprint density at radius 3 is 2.94 bits per heavy atom. The Balaban J connectivity index is 2.09. The SMILES string of the molecule is Cc1nc(NCCC#N)cc(Nc2cc[nH]c2)n1. The van der Waals surface area contributed by atoms with Crippen molar-refractivity contribution in [2.75, 3.05) is 17.2 Å². The fourth-order valence-electron chi connectivity index (χ4n) is 1.52. The highest BCUT2D eigenvalue weighted by Crippen LogP contribution is 2.16. The summed E-state index contributed by atoms with van der Waals surface area (Å²) in [5.41, 5.74) is 0.941. The summed E-state index contributed by atoms with van der Waals surface area (Å²) in [5, 5.41) is 14.7. The van der Waals surface area contributed by atoms with Crippen molar-refractivity contribution < 1.29 is 0 Å². The van der Waals surface area contributed by atoms with E-state index >= 15 is 0 Å². The molecule has 2 rings (SSSR count). The quantitative estimate of drug-likeness (QED) is 0.699. The lowest BCUT2D eigenvalue weighted by Crippen LogP contribution is -2.05. The topological polar surface area (TPSA) is 89.4 Å². The van der Waals surface area contributed by atoms with Crippen molar-refractivity contribution in [1.82, 2.24) is 15.0 Å². The summed E-state index contributed by atoms with van der Waals surface area (Å²) in [4.78, 5) is 11.5. The number of rotatable bonds is 5. The number of nitrogens with one attached hydrogen (secondary N) is 3. The predicted octanol–water partition coefficient (Wildman–Crippen LogP) is 2.18. The van der Waals surface area contributed by atoms with Gasteiger partial charge in [-0.25, -0.2) is 9.97 Å². The number of nitriles is 1. The van der Waals surface area contributed by atoms with Gasteiger partial charge < -0.3 is 15.6 Å². The molecular formula is C12H14N6. The number of aromatic nitrogens is 3. The minimum atomic E-state index is 0.448. The molecule has 0 unspecified atom stereocenters. The molecule has 0 fully saturated rings. The van der Waals surface area contributed by atoms with E-state index < -0.39 is 0 Å². The van der Waals surface area contributed by atoms with Gasteiger partial charge in [0.05, 0.1) is 18.2 Å². The summed E-state index contributed by atoms with van der Waals surface area (Å²) in [7, 11) is 0. The molecule has 0 aliphatic rings. The first-order chi connectivity index (χ1) is 8.78. The van der Waals surface area contributed by atoms with Gasteiger partial charge in [0.2, 0.25) is 0 Å². The van der Waals surface area contributed by atoms with Crippen LogP contribution in [0, 0.1) is 18.3 Å². The van der Waals surface area contributed by atoms with Crippen molar-refractivity contribution >= 4 is 17.3 Å². The maximum atomic E-state index is 8.49. The van der Waals surface area contributed by atoms with E-state index in [4.69, 9.17) is 5.26 Å². The van der Waals surface area contributed by atoms with Gasteiger partial charge in [0.25, 0.3) is 0 Å². The third kappa shape index (κ3) is 3.22. The summed E-state index contributed by atoms with van der Waals surface area (Å²) in [6.07, 6.45) is 4.13. The van der Waals surface area contributed by atoms with Crippen LogP contribution in [0.15, 0.2) is 24.5 Å². The van der Waals surface area contributed by atoms with Crippen LogP contribution >= 0.6 is 0 Å². The smallest absolute Gasteiger partial charge is 0.136 e. The largest absolute Gasteiger partial charge is 0.369 e. The zero-order valence-electron chi connectivity index (χ0n) is 10.1. The Kier molecular flexibility index (Phi) is 3.76. The molecule has 6 heteroatoms. The second-order valence-electron chi connectivity index (χ2n) is 3.75. The van der Waals surface area contributed by atoms with Crippen LogP contribution < -0.4 is 10.6 Å². The highest BCUT2D eigenvalue weighted by Gasteiger charge is 2.02. The maximum absolute atomic E-state index is 8.49. The molecule has 0 amide bonds. The second-order valence-corrected chi connectivity index (χ2v) is 3.75. The predicted molar refractivity (Wildman–Crippen MR) is 69.6 cm³/mol. The second kappa shape index (κ2) is 5.68. The summed E-state index contributed by atoms with van der Waals surface area (Å²) >= 11 is 0. The van der Waals surface area contributed by atoms with Crippen molar-refractivity contribution in [3.63, 3.8) is 0 Å². The van der Waals surface area contributed by atoms with Crippen LogP contribution in [-0.4, -0.2) is 21.5 Å². The van der Waals surface area contributed by atoms with E-state index in [1.165, 1.54) is 0 Å². The van der Waals surface area contributed by atoms with Crippen LogP contribution in [-0.2, 0) is 0 Å². The first-order valence-corrected chi connectivity index (χ1v) is 5.64. The van der Waals surface area contributed by atoms with Gasteiger partial charge in [-0.3, -0.25) is 0 Å². The van der Waals surface area contributed by atoms with E-state index in [2.05, 4.69) is 31.7 Å². The van der Waals surface area contributed by atoms with Crippen LogP contribution in [0.1, 0.15) is 12.2 Å². The van der Waals surface area contributed by atoms with Crippen LogP contribution in [0.3, 0.4) is 0 Å². The van der Waals surface area contributed by atoms with Crippen molar-refractivity contribution in [1.29, 1.82) is 5.26 Å². The van der Waals surface area contributed by atoms with Crippen LogP contribution in [0.2, 0.25) is 0 Å². The Bertz CT molecular complexity index is 540. The molecule has 0 saturated carbocycles. The molecule has 0 aliphatic heterocycles. The van der Waals surface area contributed by atoms with Crippen molar-refractivity contribution in [2.24, 2.45) is 0 Å². The number of anilines is 3. The third-order valence-corrected chi connectivity index (χ3v) is 2.25. The molecule has 2 aromatic heterocycles. The molecule has 0 radical (unpaired) electrons. The number of hydrogen-bond acceptors (Lipinski definition) is 5. The third-order valence-electron chi connectivity index (χ3n) is 2.25. The number of H-pyrrole nitrogens is 1. The number of aryl methyl sites for hydroxylation is 1. The normalized spacial score (nSPS) is 9.78. The highest BCUT2D eigenvalue weighted by molar-refractivity contribution is 5.58. The summed E-state index contributed by atoms with van der Waals surface area (Å²) in [6, 6.07) is 5.81. The van der Waals surface area contributed by atoms with E-state index in [1.807, 2.05) is 31.5 Å². The van der Waals surface area contributed by atoms with Crippen molar-refractivity contribution in [3.05, 3.63) is 30.4 Å². The Morgan fingerprint density at radius 1 is 1.39 bits per heavy atom. The minimum Gasteiger partial charge on any atom is -0.369 e. The van der Waals surface area contributed by atoms with Gasteiger partial charge in [0.1, 0.15) is 17.5 Å².